The molecule has 3 aromatic rings. The summed E-state index contributed by atoms with van der Waals surface area (Å²) in [7, 11) is 1.67. The van der Waals surface area contributed by atoms with Crippen molar-refractivity contribution in [2.75, 3.05) is 26.7 Å². The van der Waals surface area contributed by atoms with Crippen molar-refractivity contribution < 1.29 is 9.53 Å². The van der Waals surface area contributed by atoms with E-state index in [-0.39, 0.29) is 11.9 Å². The number of nitrogens with zero attached hydrogens (tertiary/aromatic N) is 3. The number of carbonyl (C=O) groups excluding carboxylic acids is 1. The van der Waals surface area contributed by atoms with Crippen LogP contribution in [0.3, 0.4) is 0 Å². The Bertz CT molecular complexity index is 1010. The van der Waals surface area contributed by atoms with Crippen LogP contribution < -0.4 is 10.1 Å². The first-order valence-corrected chi connectivity index (χ1v) is 9.86. The minimum absolute atomic E-state index is 0.0395. The number of pyridine rings is 1. The average Bonchev–Trinajstić information content (AvgIpc) is 3.07. The van der Waals surface area contributed by atoms with E-state index in [4.69, 9.17) is 4.74 Å². The lowest BCUT2D eigenvalue weighted by atomic mass is 10.0. The summed E-state index contributed by atoms with van der Waals surface area (Å²) >= 11 is 0. The van der Waals surface area contributed by atoms with E-state index >= 15 is 0 Å². The number of carbonyl (C=O) groups is 1. The smallest absolute Gasteiger partial charge is 0.256 e. The summed E-state index contributed by atoms with van der Waals surface area (Å²) in [4.78, 5) is 20.0. The van der Waals surface area contributed by atoms with Gasteiger partial charge in [0, 0.05) is 42.8 Å². The summed E-state index contributed by atoms with van der Waals surface area (Å²) in [6, 6.07) is 15.6. The van der Waals surface area contributed by atoms with Crippen molar-refractivity contribution in [1.82, 2.24) is 19.8 Å². The summed E-state index contributed by atoms with van der Waals surface area (Å²) in [6.45, 7) is 6.11. The van der Waals surface area contributed by atoms with Crippen molar-refractivity contribution in [2.24, 2.45) is 0 Å². The van der Waals surface area contributed by atoms with E-state index in [0.29, 0.717) is 13.1 Å². The molecule has 1 saturated heterocycles. The zero-order chi connectivity index (χ0) is 20.4. The van der Waals surface area contributed by atoms with Gasteiger partial charge in [0.2, 0.25) is 0 Å². The van der Waals surface area contributed by atoms with Crippen LogP contribution in [0.5, 0.6) is 5.75 Å². The lowest BCUT2D eigenvalue weighted by Gasteiger charge is -2.37. The van der Waals surface area contributed by atoms with Crippen LogP contribution in [0.25, 0.3) is 5.82 Å². The van der Waals surface area contributed by atoms with Crippen molar-refractivity contribution >= 4 is 5.91 Å². The first-order valence-electron chi connectivity index (χ1n) is 9.86. The van der Waals surface area contributed by atoms with Gasteiger partial charge in [-0.1, -0.05) is 24.3 Å². The Morgan fingerprint density at radius 3 is 2.72 bits per heavy atom. The lowest BCUT2D eigenvalue weighted by molar-refractivity contribution is 0.0631. The molecule has 1 amide bonds. The fourth-order valence-corrected chi connectivity index (χ4v) is 4.14. The molecular weight excluding hydrogens is 364 g/mol. The zero-order valence-electron chi connectivity index (χ0n) is 17.1. The molecule has 0 spiro atoms. The molecule has 0 saturated carbocycles. The van der Waals surface area contributed by atoms with Gasteiger partial charge in [-0.15, -0.1) is 0 Å². The number of nitrogens with one attached hydrogen (secondary N) is 1. The number of amides is 1. The lowest BCUT2D eigenvalue weighted by Crippen LogP contribution is -2.48. The van der Waals surface area contributed by atoms with Gasteiger partial charge in [0.15, 0.2) is 0 Å². The summed E-state index contributed by atoms with van der Waals surface area (Å²) in [5, 5.41) is 3.41. The highest BCUT2D eigenvalue weighted by Gasteiger charge is 2.32. The van der Waals surface area contributed by atoms with Crippen LogP contribution in [-0.4, -0.2) is 47.1 Å². The number of aryl methyl sites for hydroxylation is 1. The molecule has 1 aromatic carbocycles. The maximum Gasteiger partial charge on any atom is 0.256 e. The van der Waals surface area contributed by atoms with Gasteiger partial charge in [0.1, 0.15) is 11.6 Å². The third-order valence-corrected chi connectivity index (χ3v) is 5.54. The van der Waals surface area contributed by atoms with Crippen LogP contribution in [0.2, 0.25) is 0 Å². The van der Waals surface area contributed by atoms with E-state index in [1.807, 2.05) is 71.8 Å². The molecule has 1 aliphatic heterocycles. The van der Waals surface area contributed by atoms with Gasteiger partial charge in [0.05, 0.1) is 18.7 Å². The van der Waals surface area contributed by atoms with Crippen LogP contribution in [0.4, 0.5) is 0 Å². The number of hydrogen-bond acceptors (Lipinski definition) is 4. The summed E-state index contributed by atoms with van der Waals surface area (Å²) in [5.74, 6) is 1.67. The van der Waals surface area contributed by atoms with Crippen LogP contribution >= 0.6 is 0 Å². The third kappa shape index (κ3) is 3.51. The van der Waals surface area contributed by atoms with Crippen molar-refractivity contribution in [1.29, 1.82) is 0 Å². The van der Waals surface area contributed by atoms with Gasteiger partial charge >= 0.3 is 0 Å². The highest BCUT2D eigenvalue weighted by Crippen LogP contribution is 2.32. The molecule has 2 aromatic heterocycles. The van der Waals surface area contributed by atoms with E-state index < -0.39 is 0 Å². The second-order valence-electron chi connectivity index (χ2n) is 7.27. The average molecular weight is 390 g/mol. The molecule has 6 heteroatoms. The standard InChI is InChI=1S/C23H26N4O2/c1-16-14-19(17(2)27(16)22-10-6-7-11-25-22)23(28)26-13-12-24-15-20(26)18-8-4-5-9-21(18)29-3/h4-11,14,20,24H,12-13,15H2,1-3H3. The third-order valence-electron chi connectivity index (χ3n) is 5.54. The number of rotatable bonds is 4. The van der Waals surface area contributed by atoms with Gasteiger partial charge in [-0.2, -0.15) is 0 Å². The van der Waals surface area contributed by atoms with Gasteiger partial charge < -0.3 is 19.5 Å². The minimum atomic E-state index is -0.0784. The number of hydrogen-bond donors (Lipinski definition) is 1. The van der Waals surface area contributed by atoms with Gasteiger partial charge in [0.25, 0.3) is 5.91 Å². The predicted octanol–water partition coefficient (Wildman–Crippen LogP) is 3.28. The largest absolute Gasteiger partial charge is 0.496 e. The Kier molecular flexibility index (Phi) is 5.36. The van der Waals surface area contributed by atoms with Gasteiger partial charge in [-0.25, -0.2) is 4.98 Å². The molecule has 1 fully saturated rings. The van der Waals surface area contributed by atoms with E-state index in [9.17, 15) is 4.79 Å². The molecule has 6 nitrogen and oxygen atoms in total. The Balaban J connectivity index is 1.72. The molecule has 1 unspecified atom stereocenters. The van der Waals surface area contributed by atoms with E-state index in [1.165, 1.54) is 0 Å². The number of benzene rings is 1. The molecule has 0 aliphatic carbocycles. The SMILES string of the molecule is COc1ccccc1C1CNCCN1C(=O)c1cc(C)n(-c2ccccn2)c1C. The Hall–Kier alpha value is -3.12. The van der Waals surface area contributed by atoms with Crippen LogP contribution in [0.15, 0.2) is 54.7 Å². The van der Waals surface area contributed by atoms with Crippen LogP contribution in [-0.2, 0) is 0 Å². The molecular formula is C23H26N4O2. The quantitative estimate of drug-likeness (QED) is 0.743. The Morgan fingerprint density at radius 1 is 1.17 bits per heavy atom. The number of para-hydroxylation sites is 1. The van der Waals surface area contributed by atoms with Crippen molar-refractivity contribution in [3.63, 3.8) is 0 Å². The fourth-order valence-electron chi connectivity index (χ4n) is 4.14. The van der Waals surface area contributed by atoms with Crippen LogP contribution in [0.1, 0.15) is 33.4 Å². The zero-order valence-corrected chi connectivity index (χ0v) is 17.1. The summed E-state index contributed by atoms with van der Waals surface area (Å²) in [6.07, 6.45) is 1.77. The summed E-state index contributed by atoms with van der Waals surface area (Å²) in [5.41, 5.74) is 3.64. The fraction of sp³-hybridized carbons (Fsp3) is 0.304. The molecule has 1 atom stereocenters. The first kappa shape index (κ1) is 19.2. The number of ether oxygens (including phenoxy) is 1. The second kappa shape index (κ2) is 8.09. The molecule has 4 rings (SSSR count). The summed E-state index contributed by atoms with van der Waals surface area (Å²) < 4.78 is 7.59. The Labute approximate surface area is 171 Å². The molecule has 0 radical (unpaired) electrons. The molecule has 150 valence electrons. The number of aromatic nitrogens is 2. The van der Waals surface area contributed by atoms with Crippen molar-refractivity contribution in [3.05, 3.63) is 77.2 Å². The van der Waals surface area contributed by atoms with Crippen LogP contribution in [0, 0.1) is 13.8 Å². The Morgan fingerprint density at radius 2 is 1.97 bits per heavy atom. The highest BCUT2D eigenvalue weighted by atomic mass is 16.5. The van der Waals surface area contributed by atoms with Crippen molar-refractivity contribution in [3.8, 4) is 11.6 Å². The predicted molar refractivity (Wildman–Crippen MR) is 113 cm³/mol. The van der Waals surface area contributed by atoms with Crippen molar-refractivity contribution in [2.45, 2.75) is 19.9 Å². The maximum atomic E-state index is 13.6. The van der Waals surface area contributed by atoms with Gasteiger partial charge in [-0.3, -0.25) is 4.79 Å². The van der Waals surface area contributed by atoms with E-state index in [0.717, 1.165) is 40.6 Å². The molecule has 0 bridgehead atoms. The van der Waals surface area contributed by atoms with Gasteiger partial charge in [-0.05, 0) is 38.1 Å². The normalized spacial score (nSPS) is 16.7. The first-order chi connectivity index (χ1) is 14.1. The highest BCUT2D eigenvalue weighted by molar-refractivity contribution is 5.96. The monoisotopic (exact) mass is 390 g/mol. The molecule has 1 aliphatic rings. The topological polar surface area (TPSA) is 59.4 Å². The molecule has 3 heterocycles. The number of methoxy groups -OCH3 is 1. The van der Waals surface area contributed by atoms with E-state index in [2.05, 4.69) is 10.3 Å². The molecule has 1 N–H and O–H groups in total. The van der Waals surface area contributed by atoms with E-state index in [1.54, 1.807) is 13.3 Å². The number of piperazine rings is 1. The molecule has 29 heavy (non-hydrogen) atoms. The maximum absolute atomic E-state index is 13.6. The minimum Gasteiger partial charge on any atom is -0.496 e. The second-order valence-corrected chi connectivity index (χ2v) is 7.27.